The van der Waals surface area contributed by atoms with Gasteiger partial charge >= 0.3 is 12.1 Å². The van der Waals surface area contributed by atoms with E-state index in [1.807, 2.05) is 74.5 Å². The number of carbonyl (C=O) groups excluding carboxylic acids is 2. The lowest BCUT2D eigenvalue weighted by atomic mass is 9.92. The van der Waals surface area contributed by atoms with Crippen LogP contribution in [0.2, 0.25) is 0 Å². The highest BCUT2D eigenvalue weighted by Crippen LogP contribution is 2.25. The van der Waals surface area contributed by atoms with E-state index in [1.54, 1.807) is 18.2 Å². The molecule has 0 spiro atoms. The number of halogens is 5. The second kappa shape index (κ2) is 15.6. The van der Waals surface area contributed by atoms with Gasteiger partial charge in [-0.15, -0.1) is 0 Å². The fourth-order valence-electron chi connectivity index (χ4n) is 5.18. The molecule has 10 heteroatoms. The zero-order valence-corrected chi connectivity index (χ0v) is 25.4. The summed E-state index contributed by atoms with van der Waals surface area (Å²) in [6.07, 6.45) is -6.42. The molecule has 0 aliphatic rings. The minimum absolute atomic E-state index is 0.0537. The first-order chi connectivity index (χ1) is 21.9. The van der Waals surface area contributed by atoms with Crippen LogP contribution in [0.5, 0.6) is 0 Å². The summed E-state index contributed by atoms with van der Waals surface area (Å²) in [6.45, 7) is 3.89. The number of aryl methyl sites for hydroxylation is 1. The summed E-state index contributed by atoms with van der Waals surface area (Å²) >= 11 is 0. The van der Waals surface area contributed by atoms with Crippen molar-refractivity contribution in [1.82, 2.24) is 10.6 Å². The number of alkyl halides is 3. The van der Waals surface area contributed by atoms with Gasteiger partial charge in [0.1, 0.15) is 17.7 Å². The van der Waals surface area contributed by atoms with Crippen LogP contribution in [-0.2, 0) is 28.9 Å². The van der Waals surface area contributed by atoms with Gasteiger partial charge in [0.05, 0.1) is 6.04 Å². The van der Waals surface area contributed by atoms with Gasteiger partial charge < -0.3 is 15.4 Å². The zero-order valence-electron chi connectivity index (χ0n) is 25.4. The minimum Gasteiger partial charge on any atom is -0.452 e. The third-order valence-electron chi connectivity index (χ3n) is 7.66. The van der Waals surface area contributed by atoms with Crippen LogP contribution in [0.15, 0.2) is 97.1 Å². The summed E-state index contributed by atoms with van der Waals surface area (Å²) in [4.78, 5) is 25.7. The van der Waals surface area contributed by atoms with Crippen molar-refractivity contribution >= 4 is 11.9 Å². The number of benzene rings is 4. The Morgan fingerprint density at radius 2 is 1.43 bits per heavy atom. The smallest absolute Gasteiger partial charge is 0.452 e. The molecule has 0 aromatic heterocycles. The minimum atomic E-state index is -5.31. The van der Waals surface area contributed by atoms with E-state index in [0.717, 1.165) is 40.8 Å². The number of ether oxygens (including phenoxy) is 1. The van der Waals surface area contributed by atoms with E-state index in [4.69, 9.17) is 4.74 Å². The highest BCUT2D eigenvalue weighted by molar-refractivity contribution is 5.94. The zero-order chi connectivity index (χ0) is 33.3. The fraction of sp³-hybridized carbons (Fsp3) is 0.278. The van der Waals surface area contributed by atoms with Crippen molar-refractivity contribution in [2.45, 2.75) is 57.5 Å². The second-order valence-electron chi connectivity index (χ2n) is 11.1. The average molecular weight is 639 g/mol. The van der Waals surface area contributed by atoms with Gasteiger partial charge in [0.25, 0.3) is 5.91 Å². The molecule has 0 fully saturated rings. The Labute approximate surface area is 264 Å². The van der Waals surface area contributed by atoms with Crippen LogP contribution in [0.1, 0.15) is 57.9 Å². The van der Waals surface area contributed by atoms with Gasteiger partial charge in [0, 0.05) is 30.6 Å². The molecular weight excluding hydrogens is 603 g/mol. The number of hydrogen-bond donors (Lipinski definition) is 2. The molecule has 0 aliphatic heterocycles. The summed E-state index contributed by atoms with van der Waals surface area (Å²) in [5.41, 5.74) is 4.00. The molecule has 3 atom stereocenters. The molecule has 1 amide bonds. The van der Waals surface area contributed by atoms with Gasteiger partial charge in [-0.3, -0.25) is 4.79 Å². The van der Waals surface area contributed by atoms with Crippen molar-refractivity contribution in [2.24, 2.45) is 0 Å². The van der Waals surface area contributed by atoms with Gasteiger partial charge in [-0.25, -0.2) is 13.6 Å². The Kier molecular flexibility index (Phi) is 11.7. The second-order valence-corrected chi connectivity index (χ2v) is 11.1. The normalized spacial score (nSPS) is 13.5. The fourth-order valence-corrected chi connectivity index (χ4v) is 5.18. The molecule has 0 heterocycles. The van der Waals surface area contributed by atoms with Gasteiger partial charge in [-0.05, 0) is 64.9 Å². The summed E-state index contributed by atoms with van der Waals surface area (Å²) in [5, 5.41) is 5.69. The van der Waals surface area contributed by atoms with Crippen LogP contribution in [0.4, 0.5) is 22.0 Å². The van der Waals surface area contributed by atoms with E-state index < -0.39 is 41.8 Å². The van der Waals surface area contributed by atoms with Gasteiger partial charge in [0.2, 0.25) is 0 Å². The maximum atomic E-state index is 14.1. The molecule has 0 aliphatic carbocycles. The number of nitrogens with one attached hydrogen (secondary N) is 2. The molecular formula is C36H35F5N2O3. The molecule has 0 saturated carbocycles. The summed E-state index contributed by atoms with van der Waals surface area (Å²) in [5.74, 6) is -4.99. The molecule has 0 bridgehead atoms. The van der Waals surface area contributed by atoms with Crippen LogP contribution in [-0.4, -0.2) is 36.7 Å². The number of rotatable bonds is 13. The third-order valence-corrected chi connectivity index (χ3v) is 7.66. The lowest BCUT2D eigenvalue weighted by molar-refractivity contribution is -0.205. The molecule has 4 aromatic rings. The van der Waals surface area contributed by atoms with Crippen LogP contribution in [0, 0.1) is 11.6 Å². The first kappa shape index (κ1) is 34.3. The Bertz CT molecular complexity index is 1610. The molecule has 5 nitrogen and oxygen atoms in total. The number of amides is 1. The van der Waals surface area contributed by atoms with Crippen LogP contribution in [0.3, 0.4) is 0 Å². The Hall–Kier alpha value is -4.57. The maximum Gasteiger partial charge on any atom is 0.490 e. The van der Waals surface area contributed by atoms with Crippen LogP contribution < -0.4 is 10.6 Å². The molecule has 2 N–H and O–H groups in total. The van der Waals surface area contributed by atoms with Crippen molar-refractivity contribution in [1.29, 1.82) is 0 Å². The van der Waals surface area contributed by atoms with Crippen molar-refractivity contribution in [2.75, 3.05) is 6.54 Å². The molecule has 46 heavy (non-hydrogen) atoms. The van der Waals surface area contributed by atoms with E-state index in [1.165, 1.54) is 0 Å². The summed E-state index contributed by atoms with van der Waals surface area (Å²) < 4.78 is 73.3. The largest absolute Gasteiger partial charge is 0.490 e. The van der Waals surface area contributed by atoms with Crippen molar-refractivity contribution in [3.05, 3.63) is 142 Å². The highest BCUT2D eigenvalue weighted by atomic mass is 19.4. The van der Waals surface area contributed by atoms with Crippen molar-refractivity contribution in [3.8, 4) is 0 Å². The topological polar surface area (TPSA) is 67.4 Å². The van der Waals surface area contributed by atoms with Crippen molar-refractivity contribution in [3.63, 3.8) is 0 Å². The standard InChI is InChI=1S/C36H35F5N2O3/c1-3-24-9-7-10-25(15-24)21-42-22-33(46-35(45)36(39,40)41)32(18-26-16-30(37)20-31(38)17-26)43-34(44)29-14-8-13-28(19-29)23(2)27-11-5-4-6-12-27/h4-17,19-20,23,32-33,42H,3,18,21-22H2,1-2H3,(H,43,44)/t23?,32-,33+/m0/s1. The number of hydrogen-bond acceptors (Lipinski definition) is 4. The van der Waals surface area contributed by atoms with Crippen molar-refractivity contribution < 1.29 is 36.3 Å². The Morgan fingerprint density at radius 1 is 0.783 bits per heavy atom. The molecule has 0 radical (unpaired) electrons. The maximum absolute atomic E-state index is 14.1. The SMILES string of the molecule is CCc1cccc(CNC[C@@H](OC(=O)C(F)(F)F)[C@H](Cc2cc(F)cc(F)c2)NC(=O)c2cccc(C(C)c3ccccc3)c2)c1. The van der Waals surface area contributed by atoms with E-state index in [2.05, 4.69) is 10.6 Å². The Balaban J connectivity index is 1.63. The quantitative estimate of drug-likeness (QED) is 0.119. The predicted molar refractivity (Wildman–Crippen MR) is 165 cm³/mol. The average Bonchev–Trinajstić information content (AvgIpc) is 3.03. The number of esters is 1. The molecule has 4 aromatic carbocycles. The van der Waals surface area contributed by atoms with E-state index in [9.17, 15) is 31.5 Å². The number of carbonyl (C=O) groups is 2. The third kappa shape index (κ3) is 9.71. The van der Waals surface area contributed by atoms with Gasteiger partial charge in [-0.1, -0.05) is 80.6 Å². The van der Waals surface area contributed by atoms with Gasteiger partial charge in [-0.2, -0.15) is 13.2 Å². The first-order valence-electron chi connectivity index (χ1n) is 14.9. The lowest BCUT2D eigenvalue weighted by Gasteiger charge is -2.29. The monoisotopic (exact) mass is 638 g/mol. The van der Waals surface area contributed by atoms with E-state index in [-0.39, 0.29) is 36.6 Å². The first-order valence-corrected chi connectivity index (χ1v) is 14.9. The van der Waals surface area contributed by atoms with E-state index >= 15 is 0 Å². The van der Waals surface area contributed by atoms with Crippen LogP contribution >= 0.6 is 0 Å². The summed E-state index contributed by atoms with van der Waals surface area (Å²) in [7, 11) is 0. The molecule has 4 rings (SSSR count). The van der Waals surface area contributed by atoms with Gasteiger partial charge in [0.15, 0.2) is 0 Å². The highest BCUT2D eigenvalue weighted by Gasteiger charge is 2.43. The molecule has 0 saturated heterocycles. The summed E-state index contributed by atoms with van der Waals surface area (Å²) in [6, 6.07) is 25.3. The molecule has 1 unspecified atom stereocenters. The Morgan fingerprint density at radius 3 is 2.11 bits per heavy atom. The lowest BCUT2D eigenvalue weighted by Crippen LogP contribution is -2.51. The predicted octanol–water partition coefficient (Wildman–Crippen LogP) is 7.28. The van der Waals surface area contributed by atoms with E-state index in [0.29, 0.717) is 6.07 Å². The molecule has 242 valence electrons. The van der Waals surface area contributed by atoms with Crippen LogP contribution in [0.25, 0.3) is 0 Å².